The van der Waals surface area contributed by atoms with Gasteiger partial charge in [-0.1, -0.05) is 25.1 Å². The third-order valence-corrected chi connectivity index (χ3v) is 2.92. The Morgan fingerprint density at radius 3 is 3.00 bits per heavy atom. The molecule has 0 bridgehead atoms. The summed E-state index contributed by atoms with van der Waals surface area (Å²) in [5.74, 6) is 0.584. The molecule has 1 atom stereocenters. The molecular formula is C12H18N2. The highest BCUT2D eigenvalue weighted by Crippen LogP contribution is 2.27. The fourth-order valence-corrected chi connectivity index (χ4v) is 2.05. The Kier molecular flexibility index (Phi) is 2.73. The first-order valence-corrected chi connectivity index (χ1v) is 5.34. The molecule has 1 unspecified atom stereocenters. The van der Waals surface area contributed by atoms with Crippen molar-refractivity contribution in [3.05, 3.63) is 29.8 Å². The first-order chi connectivity index (χ1) is 6.81. The van der Waals surface area contributed by atoms with Crippen LogP contribution in [0.1, 0.15) is 12.5 Å². The van der Waals surface area contributed by atoms with Crippen molar-refractivity contribution in [1.82, 2.24) is 0 Å². The first kappa shape index (κ1) is 9.53. The van der Waals surface area contributed by atoms with E-state index >= 15 is 0 Å². The van der Waals surface area contributed by atoms with Crippen molar-refractivity contribution in [3.63, 3.8) is 0 Å². The van der Waals surface area contributed by atoms with Crippen molar-refractivity contribution in [2.24, 2.45) is 11.7 Å². The normalized spacial score (nSPS) is 16.9. The minimum atomic E-state index is 0.584. The molecular weight excluding hydrogens is 172 g/mol. The summed E-state index contributed by atoms with van der Waals surface area (Å²) in [5.41, 5.74) is 8.54. The van der Waals surface area contributed by atoms with Gasteiger partial charge in [0.25, 0.3) is 0 Å². The molecule has 0 fully saturated rings. The zero-order valence-electron chi connectivity index (χ0n) is 8.74. The number of fused-ring (bicyclic) bond motifs is 1. The van der Waals surface area contributed by atoms with Crippen LogP contribution >= 0.6 is 0 Å². The van der Waals surface area contributed by atoms with Crippen LogP contribution in [-0.2, 0) is 6.42 Å². The van der Waals surface area contributed by atoms with Crippen LogP contribution < -0.4 is 10.6 Å². The lowest BCUT2D eigenvalue weighted by Crippen LogP contribution is -2.30. The maximum Gasteiger partial charge on any atom is 0.0399 e. The van der Waals surface area contributed by atoms with Gasteiger partial charge in [-0.15, -0.1) is 0 Å². The van der Waals surface area contributed by atoms with Crippen LogP contribution in [0, 0.1) is 5.92 Å². The van der Waals surface area contributed by atoms with Crippen LogP contribution in [0.2, 0.25) is 0 Å². The third kappa shape index (κ3) is 1.75. The average Bonchev–Trinajstić information content (AvgIpc) is 2.62. The molecule has 1 aliphatic heterocycles. The van der Waals surface area contributed by atoms with Gasteiger partial charge in [-0.3, -0.25) is 0 Å². The van der Waals surface area contributed by atoms with Crippen molar-refractivity contribution in [2.45, 2.75) is 13.3 Å². The second-order valence-corrected chi connectivity index (χ2v) is 4.17. The highest BCUT2D eigenvalue weighted by atomic mass is 15.1. The summed E-state index contributed by atoms with van der Waals surface area (Å²) in [4.78, 5) is 2.45. The van der Waals surface area contributed by atoms with Gasteiger partial charge in [-0.2, -0.15) is 0 Å². The van der Waals surface area contributed by atoms with Crippen LogP contribution in [0.5, 0.6) is 0 Å². The van der Waals surface area contributed by atoms with E-state index in [1.165, 1.54) is 17.7 Å². The van der Waals surface area contributed by atoms with E-state index in [2.05, 4.69) is 36.1 Å². The van der Waals surface area contributed by atoms with Crippen molar-refractivity contribution in [2.75, 3.05) is 24.5 Å². The number of hydrogen-bond donors (Lipinski definition) is 1. The van der Waals surface area contributed by atoms with Gasteiger partial charge < -0.3 is 10.6 Å². The molecule has 0 aliphatic carbocycles. The Morgan fingerprint density at radius 1 is 1.43 bits per heavy atom. The Labute approximate surface area is 85.7 Å². The molecule has 0 amide bonds. The van der Waals surface area contributed by atoms with Gasteiger partial charge in [-0.25, -0.2) is 0 Å². The van der Waals surface area contributed by atoms with E-state index in [4.69, 9.17) is 5.73 Å². The van der Waals surface area contributed by atoms with Gasteiger partial charge in [0.15, 0.2) is 0 Å². The first-order valence-electron chi connectivity index (χ1n) is 5.34. The lowest BCUT2D eigenvalue weighted by Gasteiger charge is -2.22. The summed E-state index contributed by atoms with van der Waals surface area (Å²) in [6.07, 6.45) is 1.19. The van der Waals surface area contributed by atoms with E-state index in [-0.39, 0.29) is 0 Å². The molecule has 2 rings (SSSR count). The van der Waals surface area contributed by atoms with Crippen molar-refractivity contribution in [3.8, 4) is 0 Å². The standard InChI is InChI=1S/C12H18N2/c1-10(8-13)9-14-7-6-11-4-2-3-5-12(11)14/h2-5,10H,6-9,13H2,1H3. The Hall–Kier alpha value is -1.02. The number of anilines is 1. The molecule has 14 heavy (non-hydrogen) atoms. The van der Waals surface area contributed by atoms with Gasteiger partial charge in [0.2, 0.25) is 0 Å². The van der Waals surface area contributed by atoms with Crippen molar-refractivity contribution < 1.29 is 0 Å². The minimum absolute atomic E-state index is 0.584. The van der Waals surface area contributed by atoms with Crippen LogP contribution in [0.3, 0.4) is 0 Å². The van der Waals surface area contributed by atoms with E-state index in [1.54, 1.807) is 0 Å². The Balaban J connectivity index is 2.10. The van der Waals surface area contributed by atoms with Gasteiger partial charge in [0.1, 0.15) is 0 Å². The quantitative estimate of drug-likeness (QED) is 0.785. The summed E-state index contributed by atoms with van der Waals surface area (Å²) in [7, 11) is 0. The van der Waals surface area contributed by atoms with E-state index in [1.807, 2.05) is 0 Å². The van der Waals surface area contributed by atoms with Gasteiger partial charge in [0.05, 0.1) is 0 Å². The van der Waals surface area contributed by atoms with Crippen LogP contribution in [0.25, 0.3) is 0 Å². The molecule has 2 nitrogen and oxygen atoms in total. The lowest BCUT2D eigenvalue weighted by molar-refractivity contribution is 0.578. The summed E-state index contributed by atoms with van der Waals surface area (Å²) in [6.45, 7) is 5.23. The van der Waals surface area contributed by atoms with Gasteiger partial charge >= 0.3 is 0 Å². The summed E-state index contributed by atoms with van der Waals surface area (Å²) >= 11 is 0. The van der Waals surface area contributed by atoms with E-state index in [0.29, 0.717) is 5.92 Å². The fourth-order valence-electron chi connectivity index (χ4n) is 2.05. The van der Waals surface area contributed by atoms with Gasteiger partial charge in [0, 0.05) is 18.8 Å². The molecule has 0 aromatic heterocycles. The number of hydrogen-bond acceptors (Lipinski definition) is 2. The molecule has 2 N–H and O–H groups in total. The molecule has 0 saturated heterocycles. The molecule has 0 saturated carbocycles. The van der Waals surface area contributed by atoms with E-state index < -0.39 is 0 Å². The Bertz CT molecular complexity index is 309. The van der Waals surface area contributed by atoms with Crippen molar-refractivity contribution >= 4 is 5.69 Å². The summed E-state index contributed by atoms with van der Waals surface area (Å²) in [5, 5.41) is 0. The maximum atomic E-state index is 5.64. The molecule has 1 aromatic rings. The molecule has 1 aliphatic rings. The van der Waals surface area contributed by atoms with Crippen molar-refractivity contribution in [1.29, 1.82) is 0 Å². The van der Waals surface area contributed by atoms with Crippen LogP contribution in [0.15, 0.2) is 24.3 Å². The topological polar surface area (TPSA) is 29.3 Å². The van der Waals surface area contributed by atoms with Crippen LogP contribution in [-0.4, -0.2) is 19.6 Å². The predicted molar refractivity (Wildman–Crippen MR) is 60.6 cm³/mol. The zero-order chi connectivity index (χ0) is 9.97. The average molecular weight is 190 g/mol. The number of nitrogens with two attached hydrogens (primary N) is 1. The SMILES string of the molecule is CC(CN)CN1CCc2ccccc21. The highest BCUT2D eigenvalue weighted by Gasteiger charge is 2.19. The second-order valence-electron chi connectivity index (χ2n) is 4.17. The van der Waals surface area contributed by atoms with E-state index in [9.17, 15) is 0 Å². The zero-order valence-corrected chi connectivity index (χ0v) is 8.74. The molecule has 0 spiro atoms. The summed E-state index contributed by atoms with van der Waals surface area (Å²) in [6, 6.07) is 8.67. The second kappa shape index (κ2) is 4.01. The molecule has 1 aromatic carbocycles. The van der Waals surface area contributed by atoms with Crippen LogP contribution in [0.4, 0.5) is 5.69 Å². The monoisotopic (exact) mass is 190 g/mol. The predicted octanol–water partition coefficient (Wildman–Crippen LogP) is 1.64. The molecule has 1 heterocycles. The largest absolute Gasteiger partial charge is 0.371 e. The third-order valence-electron chi connectivity index (χ3n) is 2.92. The fraction of sp³-hybridized carbons (Fsp3) is 0.500. The minimum Gasteiger partial charge on any atom is -0.371 e. The number of para-hydroxylation sites is 1. The molecule has 2 heteroatoms. The number of benzene rings is 1. The lowest BCUT2D eigenvalue weighted by atomic mass is 10.1. The van der Waals surface area contributed by atoms with Gasteiger partial charge in [-0.05, 0) is 30.5 Å². The molecule has 0 radical (unpaired) electrons. The Morgan fingerprint density at radius 2 is 2.21 bits per heavy atom. The molecule has 76 valence electrons. The maximum absolute atomic E-state index is 5.64. The highest BCUT2D eigenvalue weighted by molar-refractivity contribution is 5.57. The summed E-state index contributed by atoms with van der Waals surface area (Å²) < 4.78 is 0. The van der Waals surface area contributed by atoms with E-state index in [0.717, 1.165) is 19.6 Å². The smallest absolute Gasteiger partial charge is 0.0399 e. The number of nitrogens with zero attached hydrogens (tertiary/aromatic N) is 1. The number of rotatable bonds is 3.